The number of nitrogens with zero attached hydrogens (tertiary/aromatic N) is 6. The molecule has 0 aliphatic carbocycles. The predicted molar refractivity (Wildman–Crippen MR) is 193 cm³/mol. The van der Waals surface area contributed by atoms with Crippen molar-refractivity contribution in [3.05, 3.63) is 151 Å². The maximum atomic E-state index is 9.41. The molecule has 0 aliphatic heterocycles. The second kappa shape index (κ2) is 11.2. The molecule has 0 saturated heterocycles. The summed E-state index contributed by atoms with van der Waals surface area (Å²) in [5, 5.41) is 15.8. The zero-order valence-corrected chi connectivity index (χ0v) is 25.8. The summed E-state index contributed by atoms with van der Waals surface area (Å²) in [4.78, 5) is 22.1. The first-order valence-corrected chi connectivity index (χ1v) is 15.6. The Kier molecular flexibility index (Phi) is 6.43. The van der Waals surface area contributed by atoms with E-state index >= 15 is 0 Å². The molecule has 0 bridgehead atoms. The van der Waals surface area contributed by atoms with Crippen molar-refractivity contribution in [3.63, 3.8) is 0 Å². The van der Waals surface area contributed by atoms with Gasteiger partial charge in [0.1, 0.15) is 17.2 Å². The van der Waals surface area contributed by atoms with Crippen LogP contribution in [0.4, 0.5) is 5.69 Å². The van der Waals surface area contributed by atoms with Gasteiger partial charge in [-0.25, -0.2) is 14.8 Å². The molecule has 0 aliphatic rings. The van der Waals surface area contributed by atoms with E-state index in [1.54, 1.807) is 36.9 Å². The molecule has 0 saturated carbocycles. The van der Waals surface area contributed by atoms with Crippen LogP contribution in [-0.4, -0.2) is 19.9 Å². The minimum Gasteiger partial charge on any atom is -0.456 e. The van der Waals surface area contributed by atoms with Crippen LogP contribution in [0.5, 0.6) is 0 Å². The summed E-state index contributed by atoms with van der Waals surface area (Å²) in [5.41, 5.74) is 9.00. The van der Waals surface area contributed by atoms with E-state index in [9.17, 15) is 5.26 Å². The van der Waals surface area contributed by atoms with Crippen LogP contribution in [0.1, 0.15) is 5.56 Å². The highest BCUT2D eigenvalue weighted by Crippen LogP contribution is 2.44. The van der Waals surface area contributed by atoms with Crippen LogP contribution in [-0.2, 0) is 0 Å². The van der Waals surface area contributed by atoms with Crippen molar-refractivity contribution in [2.75, 3.05) is 0 Å². The van der Waals surface area contributed by atoms with E-state index in [-0.39, 0.29) is 0 Å². The first-order valence-electron chi connectivity index (χ1n) is 15.6. The Balaban J connectivity index is 1.27. The number of hydrogen-bond donors (Lipinski definition) is 0. The van der Waals surface area contributed by atoms with Gasteiger partial charge in [0.2, 0.25) is 5.69 Å². The van der Waals surface area contributed by atoms with Crippen molar-refractivity contribution in [2.24, 2.45) is 0 Å². The summed E-state index contributed by atoms with van der Waals surface area (Å²) < 4.78 is 6.74. The van der Waals surface area contributed by atoms with Gasteiger partial charge in [-0.2, -0.15) is 5.26 Å². The van der Waals surface area contributed by atoms with E-state index < -0.39 is 0 Å². The number of aromatic nitrogens is 4. The SMILES string of the molecule is [C-]#[N+]c1cncc(-c2cccc(-c3cc4oc5cc(-c6cccc(-c7cncc(C#N)c7)n6)c6ccccc6c5c4c4ccccc34)n2)c1. The van der Waals surface area contributed by atoms with Gasteiger partial charge in [-0.1, -0.05) is 60.7 Å². The Morgan fingerprint density at radius 2 is 1.06 bits per heavy atom. The first kappa shape index (κ1) is 28.0. The lowest BCUT2D eigenvalue weighted by molar-refractivity contribution is 0.669. The van der Waals surface area contributed by atoms with Gasteiger partial charge in [-0.3, -0.25) is 9.97 Å². The van der Waals surface area contributed by atoms with Crippen molar-refractivity contribution < 1.29 is 4.42 Å². The minimum absolute atomic E-state index is 0.470. The maximum absolute atomic E-state index is 9.41. The number of pyridine rings is 4. The quantitative estimate of drug-likeness (QED) is 0.180. The van der Waals surface area contributed by atoms with E-state index in [0.29, 0.717) is 11.3 Å². The molecule has 0 radical (unpaired) electrons. The third kappa shape index (κ3) is 4.66. The zero-order chi connectivity index (χ0) is 32.9. The van der Waals surface area contributed by atoms with E-state index in [0.717, 1.165) is 88.5 Å². The maximum Gasteiger partial charge on any atom is 0.205 e. The largest absolute Gasteiger partial charge is 0.456 e. The van der Waals surface area contributed by atoms with Crippen molar-refractivity contribution in [2.45, 2.75) is 0 Å². The summed E-state index contributed by atoms with van der Waals surface area (Å²) in [6.45, 7) is 7.40. The van der Waals surface area contributed by atoms with Crippen molar-refractivity contribution in [3.8, 4) is 51.1 Å². The summed E-state index contributed by atoms with van der Waals surface area (Å²) in [6.07, 6.45) is 6.56. The van der Waals surface area contributed by atoms with Crippen LogP contribution in [0.2, 0.25) is 0 Å². The number of fused-ring (bicyclic) bond motifs is 7. The zero-order valence-electron chi connectivity index (χ0n) is 25.8. The molecule has 49 heavy (non-hydrogen) atoms. The fourth-order valence-corrected chi connectivity index (χ4v) is 6.68. The van der Waals surface area contributed by atoms with E-state index in [1.807, 2.05) is 48.5 Å². The Hall–Kier alpha value is -7.22. The Morgan fingerprint density at radius 3 is 1.61 bits per heavy atom. The van der Waals surface area contributed by atoms with Gasteiger partial charge in [0.15, 0.2) is 0 Å². The molecule has 7 nitrogen and oxygen atoms in total. The van der Waals surface area contributed by atoms with Gasteiger partial charge in [-0.15, -0.1) is 0 Å². The van der Waals surface area contributed by atoms with Gasteiger partial charge >= 0.3 is 0 Å². The molecule has 0 atom stereocenters. The monoisotopic (exact) mass is 626 g/mol. The predicted octanol–water partition coefficient (Wildman–Crippen LogP) is 10.6. The van der Waals surface area contributed by atoms with Crippen LogP contribution < -0.4 is 0 Å². The molecule has 9 aromatic rings. The summed E-state index contributed by atoms with van der Waals surface area (Å²) in [5.74, 6) is 0. The lowest BCUT2D eigenvalue weighted by Gasteiger charge is -2.11. The second-order valence-electron chi connectivity index (χ2n) is 11.7. The fourth-order valence-electron chi connectivity index (χ4n) is 6.68. The molecule has 5 heterocycles. The summed E-state index contributed by atoms with van der Waals surface area (Å²) >= 11 is 0. The molecule has 0 N–H and O–H groups in total. The van der Waals surface area contributed by atoms with Gasteiger partial charge in [0, 0.05) is 57.8 Å². The minimum atomic E-state index is 0.470. The van der Waals surface area contributed by atoms with Crippen molar-refractivity contribution in [1.29, 1.82) is 5.26 Å². The molecule has 7 heteroatoms. The Labute approximate surface area is 280 Å². The van der Waals surface area contributed by atoms with E-state index in [2.05, 4.69) is 69.4 Å². The summed E-state index contributed by atoms with van der Waals surface area (Å²) in [7, 11) is 0. The molecule has 226 valence electrons. The first-order chi connectivity index (χ1) is 24.2. The molecule has 9 rings (SSSR count). The highest BCUT2D eigenvalue weighted by molar-refractivity contribution is 6.29. The van der Waals surface area contributed by atoms with Crippen LogP contribution in [0.15, 0.2) is 138 Å². The average Bonchev–Trinajstić information content (AvgIpc) is 3.56. The van der Waals surface area contributed by atoms with E-state index in [4.69, 9.17) is 21.0 Å². The fraction of sp³-hybridized carbons (Fsp3) is 0. The Bertz CT molecular complexity index is 2680. The van der Waals surface area contributed by atoms with Crippen LogP contribution in [0, 0.1) is 17.9 Å². The summed E-state index contributed by atoms with van der Waals surface area (Å²) in [6, 6.07) is 38.5. The van der Waals surface area contributed by atoms with Crippen molar-refractivity contribution >= 4 is 49.2 Å². The smallest absolute Gasteiger partial charge is 0.205 e. The highest BCUT2D eigenvalue weighted by Gasteiger charge is 2.20. The third-order valence-corrected chi connectivity index (χ3v) is 8.85. The van der Waals surface area contributed by atoms with Crippen LogP contribution in [0.25, 0.3) is 93.4 Å². The third-order valence-electron chi connectivity index (χ3n) is 8.85. The van der Waals surface area contributed by atoms with Gasteiger partial charge in [-0.05, 0) is 70.1 Å². The Morgan fingerprint density at radius 1 is 0.551 bits per heavy atom. The number of rotatable bonds is 4. The molecule has 0 unspecified atom stereocenters. The molecule has 0 amide bonds. The van der Waals surface area contributed by atoms with Crippen LogP contribution >= 0.6 is 0 Å². The molecule has 0 fully saturated rings. The molecule has 0 spiro atoms. The molecular formula is C42H22N6O. The van der Waals surface area contributed by atoms with Gasteiger partial charge in [0.25, 0.3) is 0 Å². The van der Waals surface area contributed by atoms with Crippen LogP contribution in [0.3, 0.4) is 0 Å². The standard InChI is InChI=1S/C42H22N6O/c1-44-28-17-27(23-46-24-28)36-13-7-15-38(48-36)34-19-40-42(32-11-5-3-9-30(32)34)41-31-10-4-2-8-29(31)33(18-39(41)49-40)37-14-6-12-35(47-37)26-16-25(20-43)21-45-22-26/h2-19,21-24H. The van der Waals surface area contributed by atoms with Gasteiger partial charge in [0.05, 0.1) is 34.9 Å². The molecule has 4 aromatic carbocycles. The number of furan rings is 1. The number of nitriles is 1. The lowest BCUT2D eigenvalue weighted by atomic mass is 9.93. The normalized spacial score (nSPS) is 11.2. The lowest BCUT2D eigenvalue weighted by Crippen LogP contribution is -1.91. The molecule has 5 aromatic heterocycles. The van der Waals surface area contributed by atoms with E-state index in [1.165, 1.54) is 0 Å². The molecular weight excluding hydrogens is 605 g/mol. The number of benzene rings is 4. The highest BCUT2D eigenvalue weighted by atomic mass is 16.3. The second-order valence-corrected chi connectivity index (χ2v) is 11.7. The van der Waals surface area contributed by atoms with Crippen molar-refractivity contribution in [1.82, 2.24) is 19.9 Å². The number of hydrogen-bond acceptors (Lipinski definition) is 6. The topological polar surface area (TPSA) is 92.8 Å². The van der Waals surface area contributed by atoms with Gasteiger partial charge < -0.3 is 4.42 Å². The average molecular weight is 627 g/mol.